The molecule has 5 rings (SSSR count). The topological polar surface area (TPSA) is 163 Å². The van der Waals surface area contributed by atoms with E-state index in [1.165, 1.54) is 4.90 Å². The molecule has 246 valence electrons. The molecule has 1 atom stereocenters. The Morgan fingerprint density at radius 2 is 1.80 bits per heavy atom. The fourth-order valence-corrected chi connectivity index (χ4v) is 5.93. The van der Waals surface area contributed by atoms with Gasteiger partial charge in [-0.05, 0) is 100 Å². The molecule has 6 N–H and O–H groups in total. The van der Waals surface area contributed by atoms with Gasteiger partial charge in [0.2, 0.25) is 11.8 Å². The van der Waals surface area contributed by atoms with Crippen molar-refractivity contribution < 1.29 is 14.3 Å². The smallest absolute Gasteiger partial charge is 0.271 e. The number of aromatic nitrogens is 3. The Bertz CT molecular complexity index is 1660. The molecular weight excluding hydrogens is 606 g/mol. The van der Waals surface area contributed by atoms with Gasteiger partial charge < -0.3 is 21.1 Å². The first-order valence-corrected chi connectivity index (χ1v) is 15.6. The van der Waals surface area contributed by atoms with Crippen molar-refractivity contribution in [1.82, 2.24) is 20.1 Å². The van der Waals surface area contributed by atoms with Gasteiger partial charge in [-0.3, -0.25) is 24.6 Å². The van der Waals surface area contributed by atoms with E-state index in [0.29, 0.717) is 54.4 Å². The Balaban J connectivity index is 0.00000480. The number of rotatable bonds is 12. The van der Waals surface area contributed by atoms with Gasteiger partial charge in [-0.2, -0.15) is 0 Å². The molecule has 2 heterocycles. The van der Waals surface area contributed by atoms with Crippen LogP contribution in [-0.4, -0.2) is 71.7 Å². The summed E-state index contributed by atoms with van der Waals surface area (Å²) < 4.78 is 5.76. The van der Waals surface area contributed by atoms with Gasteiger partial charge in [0.15, 0.2) is 0 Å². The first-order chi connectivity index (χ1) is 21.7. The summed E-state index contributed by atoms with van der Waals surface area (Å²) in [7, 11) is 4.06. The van der Waals surface area contributed by atoms with E-state index in [-0.39, 0.29) is 36.2 Å². The van der Waals surface area contributed by atoms with Crippen LogP contribution < -0.4 is 26.7 Å². The third kappa shape index (κ3) is 8.41. The van der Waals surface area contributed by atoms with Crippen LogP contribution >= 0.6 is 12.4 Å². The maximum absolute atomic E-state index is 14.0. The zero-order valence-corrected chi connectivity index (χ0v) is 27.2. The molecule has 4 aromatic rings. The van der Waals surface area contributed by atoms with Crippen molar-refractivity contribution in [3.63, 3.8) is 0 Å². The Kier molecular flexibility index (Phi) is 12.1. The zero-order chi connectivity index (χ0) is 31.9. The van der Waals surface area contributed by atoms with E-state index in [9.17, 15) is 14.4 Å². The van der Waals surface area contributed by atoms with Crippen molar-refractivity contribution in [3.05, 3.63) is 76.7 Å². The second kappa shape index (κ2) is 16.0. The molecule has 1 aliphatic rings. The van der Waals surface area contributed by atoms with Crippen molar-refractivity contribution in [3.8, 4) is 17.0 Å². The zero-order valence-electron chi connectivity index (χ0n) is 26.4. The van der Waals surface area contributed by atoms with Crippen LogP contribution in [0, 0.1) is 11.8 Å². The number of nitrogens with one attached hydrogen (secondary N) is 2. The molecule has 0 unspecified atom stereocenters. The second-order valence-corrected chi connectivity index (χ2v) is 12.2. The Hall–Kier alpha value is -4.03. The summed E-state index contributed by atoms with van der Waals surface area (Å²) in [6, 6.07) is 15.5. The maximum atomic E-state index is 14.0. The van der Waals surface area contributed by atoms with E-state index in [2.05, 4.69) is 20.1 Å². The first-order valence-electron chi connectivity index (χ1n) is 15.6. The molecule has 2 amide bonds. The highest BCUT2D eigenvalue weighted by Crippen LogP contribution is 2.32. The van der Waals surface area contributed by atoms with Crippen LogP contribution in [0.4, 0.5) is 5.69 Å². The molecular formula is C34H44ClN7O4. The van der Waals surface area contributed by atoms with Crippen LogP contribution in [-0.2, 0) is 16.0 Å². The second-order valence-electron chi connectivity index (χ2n) is 12.2. The number of hydrogen-bond donors (Lipinski definition) is 4. The molecule has 0 radical (unpaired) electrons. The van der Waals surface area contributed by atoms with E-state index in [4.69, 9.17) is 16.2 Å². The summed E-state index contributed by atoms with van der Waals surface area (Å²) in [6.45, 7) is 2.13. The maximum Gasteiger partial charge on any atom is 0.271 e. The lowest BCUT2D eigenvalue weighted by Gasteiger charge is -2.32. The monoisotopic (exact) mass is 649 g/mol. The van der Waals surface area contributed by atoms with Crippen LogP contribution in [0.25, 0.3) is 22.0 Å². The van der Waals surface area contributed by atoms with E-state index >= 15 is 0 Å². The molecule has 12 heteroatoms. The van der Waals surface area contributed by atoms with Crippen LogP contribution in [0.1, 0.15) is 37.7 Å². The Morgan fingerprint density at radius 1 is 1.02 bits per heavy atom. The summed E-state index contributed by atoms with van der Waals surface area (Å²) in [6.07, 6.45) is 5.94. The fourth-order valence-electron chi connectivity index (χ4n) is 5.93. The lowest BCUT2D eigenvalue weighted by atomic mass is 9.81. The highest BCUT2D eigenvalue weighted by molar-refractivity contribution is 6.17. The minimum atomic E-state index is -0.971. The highest BCUT2D eigenvalue weighted by Gasteiger charge is 2.35. The van der Waals surface area contributed by atoms with E-state index in [1.807, 2.05) is 50.5 Å². The van der Waals surface area contributed by atoms with Crippen LogP contribution in [0.3, 0.4) is 0 Å². The molecule has 11 nitrogen and oxygen atoms in total. The number of ether oxygens (including phenoxy) is 1. The number of fused-ring (bicyclic) bond motifs is 1. The molecule has 1 fully saturated rings. The summed E-state index contributed by atoms with van der Waals surface area (Å²) in [5.41, 5.74) is 15.7. The summed E-state index contributed by atoms with van der Waals surface area (Å²) in [5, 5.41) is 5.81. The van der Waals surface area contributed by atoms with Gasteiger partial charge in [0, 0.05) is 30.3 Å². The molecule has 0 aliphatic heterocycles. The van der Waals surface area contributed by atoms with Crippen molar-refractivity contribution >= 4 is 40.8 Å². The number of imide groups is 1. The lowest BCUT2D eigenvalue weighted by Crippen LogP contribution is -2.50. The largest absolute Gasteiger partial charge is 0.478 e. The number of nitrogens with two attached hydrogens (primary N) is 2. The summed E-state index contributed by atoms with van der Waals surface area (Å²) in [5.74, 6) is -0.0980. The van der Waals surface area contributed by atoms with Crippen molar-refractivity contribution in [2.24, 2.45) is 23.3 Å². The Morgan fingerprint density at radius 3 is 2.50 bits per heavy atom. The van der Waals surface area contributed by atoms with Gasteiger partial charge in [-0.15, -0.1) is 12.4 Å². The molecule has 0 saturated heterocycles. The molecule has 1 aliphatic carbocycles. The summed E-state index contributed by atoms with van der Waals surface area (Å²) in [4.78, 5) is 47.8. The number of hydrogen-bond acceptors (Lipinski definition) is 8. The number of nitrogens with zero attached hydrogens (tertiary/aromatic N) is 3. The number of aromatic amines is 2. The van der Waals surface area contributed by atoms with Gasteiger partial charge in [-0.1, -0.05) is 24.3 Å². The van der Waals surface area contributed by atoms with Gasteiger partial charge in [0.25, 0.3) is 11.5 Å². The number of carbonyl (C=O) groups excluding carboxylic acids is 2. The number of anilines is 1. The normalized spacial score (nSPS) is 17.0. The SMILES string of the molecule is CN(C)CCCOc1ccc(-c2cccc(C[C@H](N)C(=O)N(C(=O)C3CCC(CN)CC3)c3ccc4c(=O)[nH][nH]c4c3)c2)cn1.Cl. The molecule has 2 aromatic heterocycles. The molecule has 46 heavy (non-hydrogen) atoms. The quantitative estimate of drug-likeness (QED) is 0.168. The number of halogens is 1. The molecule has 2 aromatic carbocycles. The number of benzene rings is 2. The number of carbonyl (C=O) groups is 2. The van der Waals surface area contributed by atoms with E-state index in [1.54, 1.807) is 24.4 Å². The van der Waals surface area contributed by atoms with Gasteiger partial charge in [-0.25, -0.2) is 9.88 Å². The molecule has 0 bridgehead atoms. The van der Waals surface area contributed by atoms with Crippen LogP contribution in [0.15, 0.2) is 65.6 Å². The molecule has 1 saturated carbocycles. The van der Waals surface area contributed by atoms with Gasteiger partial charge in [0.1, 0.15) is 0 Å². The van der Waals surface area contributed by atoms with Crippen LogP contribution in [0.5, 0.6) is 5.88 Å². The third-order valence-electron chi connectivity index (χ3n) is 8.56. The van der Waals surface area contributed by atoms with E-state index in [0.717, 1.165) is 42.5 Å². The van der Waals surface area contributed by atoms with Crippen molar-refractivity contribution in [2.75, 3.05) is 38.7 Å². The number of H-pyrrole nitrogens is 2. The molecule has 0 spiro atoms. The fraction of sp³-hybridized carbons (Fsp3) is 0.412. The van der Waals surface area contributed by atoms with Crippen LogP contribution in [0.2, 0.25) is 0 Å². The summed E-state index contributed by atoms with van der Waals surface area (Å²) >= 11 is 0. The Labute approximate surface area is 275 Å². The van der Waals surface area contributed by atoms with E-state index < -0.39 is 11.9 Å². The standard InChI is InChI=1S/C34H43N7O4.ClH/c1-40(2)15-4-16-45-31-14-11-26(21-37-31)25-6-3-5-23(17-25)18-29(36)34(44)41(33(43)24-9-7-22(20-35)8-10-24)27-12-13-28-30(19-27)38-39-32(28)42;/h3,5-6,11-14,17,19,21-22,24,29H,4,7-10,15-16,18,20,35-36H2,1-2H3,(H2,38,39,42);1H/t22?,24?,29-;/m0./s1. The predicted octanol–water partition coefficient (Wildman–Crippen LogP) is 3.87. The third-order valence-corrected chi connectivity index (χ3v) is 8.56. The average molecular weight is 650 g/mol. The minimum Gasteiger partial charge on any atom is -0.478 e. The first kappa shape index (κ1) is 34.8. The average Bonchev–Trinajstić information content (AvgIpc) is 3.43. The number of pyridine rings is 1. The van der Waals surface area contributed by atoms with Gasteiger partial charge in [0.05, 0.1) is 29.2 Å². The lowest BCUT2D eigenvalue weighted by molar-refractivity contribution is -0.130. The van der Waals surface area contributed by atoms with Gasteiger partial charge >= 0.3 is 0 Å². The highest BCUT2D eigenvalue weighted by atomic mass is 35.5. The predicted molar refractivity (Wildman–Crippen MR) is 183 cm³/mol. The van der Waals surface area contributed by atoms with Crippen molar-refractivity contribution in [2.45, 2.75) is 44.6 Å². The van der Waals surface area contributed by atoms with Crippen molar-refractivity contribution in [1.29, 1.82) is 0 Å². The minimum absolute atomic E-state index is 0. The number of amides is 2.